The molecule has 1 aromatic carbocycles. The molecule has 1 aliphatic heterocycles. The summed E-state index contributed by atoms with van der Waals surface area (Å²) in [5, 5.41) is 3.36. The van der Waals surface area contributed by atoms with Crippen molar-refractivity contribution in [3.63, 3.8) is 0 Å². The maximum Gasteiger partial charge on any atom is 0.236 e. The van der Waals surface area contributed by atoms with E-state index >= 15 is 0 Å². The van der Waals surface area contributed by atoms with Crippen LogP contribution in [0.5, 0.6) is 0 Å². The van der Waals surface area contributed by atoms with Gasteiger partial charge in [0.25, 0.3) is 0 Å². The number of hydrogen-bond donors (Lipinski definition) is 1. The van der Waals surface area contributed by atoms with Crippen LogP contribution in [0.15, 0.2) is 30.3 Å². The molecule has 1 aromatic rings. The Balaban J connectivity index is 1.91. The first kappa shape index (κ1) is 15.0. The maximum absolute atomic E-state index is 12.4. The van der Waals surface area contributed by atoms with Crippen molar-refractivity contribution in [2.75, 3.05) is 39.8 Å². The number of nitrogens with zero attached hydrogens (tertiary/aromatic N) is 2. The molecule has 1 amide bonds. The molecular formula is C16H25N3O. The largest absolute Gasteiger partial charge is 0.338 e. The Morgan fingerprint density at radius 2 is 2.05 bits per heavy atom. The van der Waals surface area contributed by atoms with Gasteiger partial charge in [-0.3, -0.25) is 9.69 Å². The molecule has 0 aliphatic carbocycles. The van der Waals surface area contributed by atoms with E-state index in [4.69, 9.17) is 0 Å². The van der Waals surface area contributed by atoms with E-state index in [9.17, 15) is 4.79 Å². The van der Waals surface area contributed by atoms with Gasteiger partial charge in [0.05, 0.1) is 12.6 Å². The van der Waals surface area contributed by atoms with Gasteiger partial charge in [-0.1, -0.05) is 30.3 Å². The van der Waals surface area contributed by atoms with Gasteiger partial charge < -0.3 is 10.2 Å². The van der Waals surface area contributed by atoms with E-state index in [-0.39, 0.29) is 11.9 Å². The lowest BCUT2D eigenvalue weighted by Gasteiger charge is -2.28. The van der Waals surface area contributed by atoms with Crippen LogP contribution in [0, 0.1) is 0 Å². The molecule has 4 nitrogen and oxygen atoms in total. The smallest absolute Gasteiger partial charge is 0.236 e. The first-order chi connectivity index (χ1) is 9.68. The maximum atomic E-state index is 12.4. The number of amides is 1. The molecular weight excluding hydrogens is 250 g/mol. The summed E-state index contributed by atoms with van der Waals surface area (Å²) in [6.45, 7) is 6.60. The molecule has 4 heteroatoms. The summed E-state index contributed by atoms with van der Waals surface area (Å²) in [4.78, 5) is 16.5. The van der Waals surface area contributed by atoms with Crippen LogP contribution < -0.4 is 5.32 Å². The second-order valence-corrected chi connectivity index (χ2v) is 5.47. The third kappa shape index (κ3) is 4.05. The summed E-state index contributed by atoms with van der Waals surface area (Å²) in [5.74, 6) is 0.197. The van der Waals surface area contributed by atoms with Crippen molar-refractivity contribution in [2.24, 2.45) is 0 Å². The van der Waals surface area contributed by atoms with Crippen LogP contribution in [0.4, 0.5) is 0 Å². The zero-order chi connectivity index (χ0) is 14.4. The molecule has 1 heterocycles. The minimum atomic E-state index is 0.119. The Morgan fingerprint density at radius 1 is 1.30 bits per heavy atom. The lowest BCUT2D eigenvalue weighted by atomic mass is 10.1. The van der Waals surface area contributed by atoms with Gasteiger partial charge in [-0.05, 0) is 32.0 Å². The molecule has 1 fully saturated rings. The van der Waals surface area contributed by atoms with E-state index in [1.54, 1.807) is 0 Å². The highest BCUT2D eigenvalue weighted by Gasteiger charge is 2.20. The number of hydrogen-bond acceptors (Lipinski definition) is 3. The highest BCUT2D eigenvalue weighted by molar-refractivity contribution is 5.78. The van der Waals surface area contributed by atoms with E-state index in [1.807, 2.05) is 30.1 Å². The van der Waals surface area contributed by atoms with Gasteiger partial charge in [-0.2, -0.15) is 0 Å². The van der Waals surface area contributed by atoms with Crippen molar-refractivity contribution < 1.29 is 4.79 Å². The van der Waals surface area contributed by atoms with Crippen molar-refractivity contribution in [2.45, 2.75) is 19.4 Å². The number of benzene rings is 1. The Kier molecular flexibility index (Phi) is 5.56. The summed E-state index contributed by atoms with van der Waals surface area (Å²) >= 11 is 0. The number of rotatable bonds is 4. The average Bonchev–Trinajstić information content (AvgIpc) is 2.75. The Labute approximate surface area is 121 Å². The molecule has 20 heavy (non-hydrogen) atoms. The van der Waals surface area contributed by atoms with Crippen LogP contribution in [0.1, 0.15) is 24.9 Å². The van der Waals surface area contributed by atoms with E-state index in [0.717, 1.165) is 32.6 Å². The molecule has 1 atom stereocenters. The number of carbonyl (C=O) groups is 1. The minimum absolute atomic E-state index is 0.119. The van der Waals surface area contributed by atoms with E-state index in [2.05, 4.69) is 29.3 Å². The van der Waals surface area contributed by atoms with Crippen LogP contribution in [-0.2, 0) is 4.79 Å². The van der Waals surface area contributed by atoms with Crippen LogP contribution in [-0.4, -0.2) is 55.5 Å². The molecule has 1 saturated heterocycles. The zero-order valence-corrected chi connectivity index (χ0v) is 12.5. The van der Waals surface area contributed by atoms with Crippen molar-refractivity contribution in [3.05, 3.63) is 35.9 Å². The van der Waals surface area contributed by atoms with Crippen molar-refractivity contribution in [3.8, 4) is 0 Å². The predicted octanol–water partition coefficient (Wildman–Crippen LogP) is 1.50. The lowest BCUT2D eigenvalue weighted by Crippen LogP contribution is -2.40. The minimum Gasteiger partial charge on any atom is -0.338 e. The van der Waals surface area contributed by atoms with Gasteiger partial charge in [0, 0.05) is 20.1 Å². The predicted molar refractivity (Wildman–Crippen MR) is 81.6 cm³/mol. The third-order valence-electron chi connectivity index (χ3n) is 4.05. The molecule has 1 N–H and O–H groups in total. The van der Waals surface area contributed by atoms with Gasteiger partial charge in [-0.25, -0.2) is 0 Å². The first-order valence-electron chi connectivity index (χ1n) is 7.42. The van der Waals surface area contributed by atoms with Crippen LogP contribution >= 0.6 is 0 Å². The number of carbonyl (C=O) groups excluding carboxylic acids is 1. The summed E-state index contributed by atoms with van der Waals surface area (Å²) < 4.78 is 0. The first-order valence-corrected chi connectivity index (χ1v) is 7.42. The van der Waals surface area contributed by atoms with Gasteiger partial charge in [0.1, 0.15) is 0 Å². The Morgan fingerprint density at radius 3 is 2.80 bits per heavy atom. The summed E-state index contributed by atoms with van der Waals surface area (Å²) in [5.41, 5.74) is 1.18. The molecule has 0 radical (unpaired) electrons. The Hall–Kier alpha value is -1.39. The van der Waals surface area contributed by atoms with Gasteiger partial charge >= 0.3 is 0 Å². The van der Waals surface area contributed by atoms with Gasteiger partial charge in [0.15, 0.2) is 0 Å². The number of nitrogens with one attached hydrogen (secondary N) is 1. The van der Waals surface area contributed by atoms with Crippen molar-refractivity contribution in [1.82, 2.24) is 15.1 Å². The van der Waals surface area contributed by atoms with E-state index in [0.29, 0.717) is 6.54 Å². The van der Waals surface area contributed by atoms with Crippen LogP contribution in [0.25, 0.3) is 0 Å². The highest BCUT2D eigenvalue weighted by atomic mass is 16.2. The fourth-order valence-electron chi connectivity index (χ4n) is 2.53. The lowest BCUT2D eigenvalue weighted by molar-refractivity contribution is -0.133. The summed E-state index contributed by atoms with van der Waals surface area (Å²) in [6.07, 6.45) is 1.12. The molecule has 110 valence electrons. The molecule has 0 spiro atoms. The molecule has 0 bridgehead atoms. The topological polar surface area (TPSA) is 35.6 Å². The second kappa shape index (κ2) is 7.41. The highest BCUT2D eigenvalue weighted by Crippen LogP contribution is 2.18. The molecule has 1 unspecified atom stereocenters. The van der Waals surface area contributed by atoms with Crippen molar-refractivity contribution >= 4 is 5.91 Å². The van der Waals surface area contributed by atoms with E-state index < -0.39 is 0 Å². The number of likely N-dealkylation sites (N-methyl/N-ethyl adjacent to an activating group) is 1. The summed E-state index contributed by atoms with van der Waals surface area (Å²) in [6, 6.07) is 10.3. The normalized spacial score (nSPS) is 18.3. The third-order valence-corrected chi connectivity index (χ3v) is 4.05. The zero-order valence-electron chi connectivity index (χ0n) is 12.5. The molecule has 1 aliphatic rings. The van der Waals surface area contributed by atoms with E-state index in [1.165, 1.54) is 5.56 Å². The van der Waals surface area contributed by atoms with Gasteiger partial charge in [-0.15, -0.1) is 0 Å². The van der Waals surface area contributed by atoms with Crippen molar-refractivity contribution in [1.29, 1.82) is 0 Å². The summed E-state index contributed by atoms with van der Waals surface area (Å²) in [7, 11) is 1.90. The fraction of sp³-hybridized carbons (Fsp3) is 0.562. The SMILES string of the molecule is CC(c1ccccc1)N(C)C(=O)CN1CCCNCC1. The average molecular weight is 275 g/mol. The monoisotopic (exact) mass is 275 g/mol. The Bertz CT molecular complexity index is 413. The quantitative estimate of drug-likeness (QED) is 0.904. The standard InChI is InChI=1S/C16H25N3O/c1-14(15-7-4-3-5-8-15)18(2)16(20)13-19-11-6-9-17-10-12-19/h3-5,7-8,14,17H,6,9-13H2,1-2H3. The molecule has 0 aromatic heterocycles. The molecule has 0 saturated carbocycles. The van der Waals surface area contributed by atoms with Gasteiger partial charge in [0.2, 0.25) is 5.91 Å². The molecule has 2 rings (SSSR count). The van der Waals surface area contributed by atoms with Crippen LogP contribution in [0.2, 0.25) is 0 Å². The second-order valence-electron chi connectivity index (χ2n) is 5.47. The fourth-order valence-corrected chi connectivity index (χ4v) is 2.53. The van der Waals surface area contributed by atoms with Crippen LogP contribution in [0.3, 0.4) is 0 Å².